The van der Waals surface area contributed by atoms with Crippen molar-refractivity contribution >= 4 is 40.8 Å². The zero-order valence-electron chi connectivity index (χ0n) is 14.6. The first-order chi connectivity index (χ1) is 13.4. The van der Waals surface area contributed by atoms with E-state index >= 15 is 0 Å². The van der Waals surface area contributed by atoms with Gasteiger partial charge in [-0.1, -0.05) is 47.5 Å². The Morgan fingerprint density at radius 2 is 1.71 bits per heavy atom. The van der Waals surface area contributed by atoms with Crippen LogP contribution in [0.5, 0.6) is 11.5 Å². The summed E-state index contributed by atoms with van der Waals surface area (Å²) in [5.74, 6) is -1.88. The van der Waals surface area contributed by atoms with Crippen LogP contribution in [0.25, 0.3) is 0 Å². The number of halogens is 2. The first-order valence-corrected chi connectivity index (χ1v) is 9.63. The van der Waals surface area contributed by atoms with Gasteiger partial charge in [0.05, 0.1) is 22.5 Å². The second-order valence-corrected chi connectivity index (χ2v) is 7.84. The molecule has 5 nitrogen and oxygen atoms in total. The van der Waals surface area contributed by atoms with E-state index in [1.165, 1.54) is 0 Å². The number of aliphatic carboxylic acids is 1. The molecule has 4 rings (SSSR count). The van der Waals surface area contributed by atoms with Crippen LogP contribution in [0.2, 0.25) is 10.0 Å². The lowest BCUT2D eigenvalue weighted by atomic mass is 9.82. The molecule has 0 unspecified atom stereocenters. The molecule has 0 radical (unpaired) electrons. The fourth-order valence-corrected chi connectivity index (χ4v) is 4.51. The van der Waals surface area contributed by atoms with E-state index in [2.05, 4.69) is 5.32 Å². The van der Waals surface area contributed by atoms with Crippen LogP contribution in [-0.4, -0.2) is 17.0 Å². The Morgan fingerprint density at radius 1 is 1.00 bits per heavy atom. The van der Waals surface area contributed by atoms with Crippen LogP contribution < -0.4 is 10.1 Å². The Morgan fingerprint density at radius 3 is 2.43 bits per heavy atom. The molecule has 2 bridgehead atoms. The fourth-order valence-electron chi connectivity index (χ4n) is 4.07. The summed E-state index contributed by atoms with van der Waals surface area (Å²) in [6.07, 6.45) is 4.56. The zero-order valence-corrected chi connectivity index (χ0v) is 16.2. The second-order valence-electron chi connectivity index (χ2n) is 7.00. The Bertz CT molecular complexity index is 975. The van der Waals surface area contributed by atoms with Crippen molar-refractivity contribution in [2.24, 2.45) is 23.7 Å². The summed E-state index contributed by atoms with van der Waals surface area (Å²) in [6.45, 7) is 0. The number of benzene rings is 2. The summed E-state index contributed by atoms with van der Waals surface area (Å²) in [4.78, 5) is 24.6. The smallest absolute Gasteiger partial charge is 0.307 e. The Kier molecular flexibility index (Phi) is 5.04. The normalized spacial score (nSPS) is 24.9. The molecule has 0 saturated heterocycles. The summed E-state index contributed by atoms with van der Waals surface area (Å²) < 4.78 is 5.86. The number of anilines is 1. The van der Waals surface area contributed by atoms with Gasteiger partial charge in [-0.2, -0.15) is 0 Å². The molecule has 0 heterocycles. The molecule has 2 aromatic carbocycles. The van der Waals surface area contributed by atoms with Gasteiger partial charge < -0.3 is 15.2 Å². The van der Waals surface area contributed by atoms with Gasteiger partial charge >= 0.3 is 5.97 Å². The lowest BCUT2D eigenvalue weighted by Crippen LogP contribution is -2.36. The van der Waals surface area contributed by atoms with Gasteiger partial charge in [-0.25, -0.2) is 0 Å². The topological polar surface area (TPSA) is 75.6 Å². The molecule has 1 fully saturated rings. The minimum atomic E-state index is -0.936. The number of carboxylic acids is 1. The molecule has 2 aromatic rings. The molecule has 2 aliphatic carbocycles. The molecule has 4 atom stereocenters. The highest BCUT2D eigenvalue weighted by molar-refractivity contribution is 6.35. The SMILES string of the molecule is O=C(Nc1ccccc1Oc1ccc(Cl)cc1Cl)[C@@H]1[C@H](C(=O)O)[C@H]2C=C[C@H]1C2. The van der Waals surface area contributed by atoms with Crippen molar-refractivity contribution in [2.45, 2.75) is 6.42 Å². The minimum absolute atomic E-state index is 0.0510. The number of allylic oxidation sites excluding steroid dienone is 2. The molecule has 0 aromatic heterocycles. The molecule has 1 saturated carbocycles. The van der Waals surface area contributed by atoms with Crippen LogP contribution in [0, 0.1) is 23.7 Å². The van der Waals surface area contributed by atoms with Crippen LogP contribution in [0.1, 0.15) is 6.42 Å². The van der Waals surface area contributed by atoms with Crippen LogP contribution >= 0.6 is 23.2 Å². The maximum Gasteiger partial charge on any atom is 0.307 e. The number of carbonyl (C=O) groups is 2. The standard InChI is InChI=1S/C21H17Cl2NO4/c22-13-7-8-16(14(23)10-13)28-17-4-2-1-3-15(17)24-20(25)18-11-5-6-12(9-11)19(18)21(26)27/h1-8,10-12,18-19H,9H2,(H,24,25)(H,26,27)/t11-,12-,18-,19+/m0/s1. The maximum absolute atomic E-state index is 12.9. The quantitative estimate of drug-likeness (QED) is 0.651. The monoisotopic (exact) mass is 417 g/mol. The molecule has 2 N–H and O–H groups in total. The summed E-state index contributed by atoms with van der Waals surface area (Å²) in [5.41, 5.74) is 0.453. The maximum atomic E-state index is 12.9. The third-order valence-corrected chi connectivity index (χ3v) is 5.84. The van der Waals surface area contributed by atoms with Crippen molar-refractivity contribution in [3.63, 3.8) is 0 Å². The van der Waals surface area contributed by atoms with Gasteiger partial charge in [0.2, 0.25) is 5.91 Å². The van der Waals surface area contributed by atoms with E-state index in [1.807, 2.05) is 12.2 Å². The molecule has 0 aliphatic heterocycles. The predicted octanol–water partition coefficient (Wildman–Crippen LogP) is 5.25. The number of ether oxygens (including phenoxy) is 1. The van der Waals surface area contributed by atoms with Crippen LogP contribution in [-0.2, 0) is 9.59 Å². The highest BCUT2D eigenvalue weighted by atomic mass is 35.5. The summed E-state index contributed by atoms with van der Waals surface area (Å²) >= 11 is 12.1. The van der Waals surface area contributed by atoms with Crippen LogP contribution in [0.15, 0.2) is 54.6 Å². The molecular weight excluding hydrogens is 401 g/mol. The first kappa shape index (κ1) is 18.8. The Balaban J connectivity index is 1.56. The zero-order chi connectivity index (χ0) is 19.8. The number of hydrogen-bond donors (Lipinski definition) is 2. The van der Waals surface area contributed by atoms with Gasteiger partial charge in [0.25, 0.3) is 0 Å². The van der Waals surface area contributed by atoms with E-state index in [0.717, 1.165) is 0 Å². The minimum Gasteiger partial charge on any atom is -0.481 e. The second kappa shape index (κ2) is 7.49. The lowest BCUT2D eigenvalue weighted by Gasteiger charge is -2.24. The molecule has 7 heteroatoms. The summed E-state index contributed by atoms with van der Waals surface area (Å²) in [5, 5.41) is 13.2. The molecule has 28 heavy (non-hydrogen) atoms. The highest BCUT2D eigenvalue weighted by Crippen LogP contribution is 2.48. The van der Waals surface area contributed by atoms with Gasteiger partial charge in [-0.3, -0.25) is 9.59 Å². The number of nitrogens with one attached hydrogen (secondary N) is 1. The molecule has 2 aliphatic rings. The van der Waals surface area contributed by atoms with Gasteiger partial charge in [0, 0.05) is 5.02 Å². The highest BCUT2D eigenvalue weighted by Gasteiger charge is 2.51. The molecule has 1 amide bonds. The number of hydrogen-bond acceptors (Lipinski definition) is 3. The van der Waals surface area contributed by atoms with E-state index in [-0.39, 0.29) is 17.7 Å². The number of carboxylic acid groups (broad SMARTS) is 1. The van der Waals surface area contributed by atoms with Gasteiger partial charge in [0.15, 0.2) is 5.75 Å². The molecule has 144 valence electrons. The van der Waals surface area contributed by atoms with E-state index in [4.69, 9.17) is 27.9 Å². The summed E-state index contributed by atoms with van der Waals surface area (Å²) in [6, 6.07) is 11.8. The van der Waals surface area contributed by atoms with Crippen molar-refractivity contribution in [3.8, 4) is 11.5 Å². The third-order valence-electron chi connectivity index (χ3n) is 5.31. The van der Waals surface area contributed by atoms with Crippen LogP contribution in [0.4, 0.5) is 5.69 Å². The van der Waals surface area contributed by atoms with Crippen molar-refractivity contribution in [1.82, 2.24) is 0 Å². The molecular formula is C21H17Cl2NO4. The van der Waals surface area contributed by atoms with Crippen LogP contribution in [0.3, 0.4) is 0 Å². The number of amides is 1. The first-order valence-electron chi connectivity index (χ1n) is 8.88. The third kappa shape index (κ3) is 3.48. The number of carbonyl (C=O) groups excluding carboxylic acids is 1. The van der Waals surface area contributed by atoms with Crippen molar-refractivity contribution in [2.75, 3.05) is 5.32 Å². The van der Waals surface area contributed by atoms with E-state index in [9.17, 15) is 14.7 Å². The number of para-hydroxylation sites is 2. The van der Waals surface area contributed by atoms with Gasteiger partial charge in [-0.15, -0.1) is 0 Å². The van der Waals surface area contributed by atoms with E-state index in [0.29, 0.717) is 33.7 Å². The van der Waals surface area contributed by atoms with Gasteiger partial charge in [0.1, 0.15) is 5.75 Å². The number of fused-ring (bicyclic) bond motifs is 2. The van der Waals surface area contributed by atoms with E-state index < -0.39 is 17.8 Å². The van der Waals surface area contributed by atoms with E-state index in [1.54, 1.807) is 42.5 Å². The number of rotatable bonds is 5. The Labute approximate surface area is 171 Å². The lowest BCUT2D eigenvalue weighted by molar-refractivity contribution is -0.146. The average Bonchev–Trinajstić information content (AvgIpc) is 3.27. The van der Waals surface area contributed by atoms with Crippen molar-refractivity contribution < 1.29 is 19.4 Å². The Hall–Kier alpha value is -2.50. The van der Waals surface area contributed by atoms with Crippen molar-refractivity contribution in [3.05, 3.63) is 64.7 Å². The van der Waals surface area contributed by atoms with Crippen molar-refractivity contribution in [1.29, 1.82) is 0 Å². The largest absolute Gasteiger partial charge is 0.481 e. The summed E-state index contributed by atoms with van der Waals surface area (Å²) in [7, 11) is 0. The predicted molar refractivity (Wildman–Crippen MR) is 107 cm³/mol. The molecule has 0 spiro atoms. The fraction of sp³-hybridized carbons (Fsp3) is 0.238. The van der Waals surface area contributed by atoms with Gasteiger partial charge in [-0.05, 0) is 48.6 Å². The average molecular weight is 418 g/mol.